The first-order valence-electron chi connectivity index (χ1n) is 28.5. The van der Waals surface area contributed by atoms with E-state index in [9.17, 15) is 19.4 Å². The van der Waals surface area contributed by atoms with E-state index in [1.807, 2.05) is 21.1 Å². The molecule has 1 amide bonds. The first kappa shape index (κ1) is 65.5. The largest absolute Gasteiger partial charge is 0.472 e. The molecule has 0 aliphatic carbocycles. The third-order valence-corrected chi connectivity index (χ3v) is 13.8. The van der Waals surface area contributed by atoms with Crippen LogP contribution in [0.25, 0.3) is 0 Å². The van der Waals surface area contributed by atoms with Crippen LogP contribution in [0.3, 0.4) is 0 Å². The van der Waals surface area contributed by atoms with Crippen molar-refractivity contribution in [2.24, 2.45) is 0 Å². The van der Waals surface area contributed by atoms with Crippen molar-refractivity contribution in [2.75, 3.05) is 40.9 Å². The fourth-order valence-electron chi connectivity index (χ4n) is 8.39. The third-order valence-electron chi connectivity index (χ3n) is 12.8. The van der Waals surface area contributed by atoms with Crippen molar-refractivity contribution < 1.29 is 32.9 Å². The number of carbonyl (C=O) groups is 1. The lowest BCUT2D eigenvalue weighted by Gasteiger charge is -2.26. The number of phosphoric ester groups is 1. The van der Waals surface area contributed by atoms with Crippen molar-refractivity contribution in [1.29, 1.82) is 0 Å². The van der Waals surface area contributed by atoms with E-state index >= 15 is 0 Å². The minimum atomic E-state index is -4.33. The zero-order chi connectivity index (χ0) is 49.2. The van der Waals surface area contributed by atoms with Crippen molar-refractivity contribution in [3.05, 3.63) is 48.6 Å². The van der Waals surface area contributed by atoms with E-state index in [0.29, 0.717) is 23.9 Å². The molecule has 0 aromatic rings. The minimum Gasteiger partial charge on any atom is -0.391 e. The number of hydrogen-bond acceptors (Lipinski definition) is 5. The molecule has 394 valence electrons. The van der Waals surface area contributed by atoms with Crippen molar-refractivity contribution in [3.8, 4) is 0 Å². The van der Waals surface area contributed by atoms with Crippen LogP contribution in [-0.4, -0.2) is 73.4 Å². The number of carbonyl (C=O) groups excluding carboxylic acids is 1. The lowest BCUT2D eigenvalue weighted by molar-refractivity contribution is -0.870. The Kier molecular flexibility index (Phi) is 48.3. The molecule has 0 fully saturated rings. The van der Waals surface area contributed by atoms with Gasteiger partial charge in [0.2, 0.25) is 5.91 Å². The number of aliphatic hydroxyl groups is 1. The molecule has 8 nitrogen and oxygen atoms in total. The fraction of sp³-hybridized carbons (Fsp3) is 0.845. The highest BCUT2D eigenvalue weighted by molar-refractivity contribution is 7.47. The second-order valence-electron chi connectivity index (χ2n) is 20.6. The lowest BCUT2D eigenvalue weighted by atomic mass is 10.0. The van der Waals surface area contributed by atoms with Gasteiger partial charge in [0.05, 0.1) is 39.9 Å². The number of allylic oxidation sites excluding steroid dienone is 8. The highest BCUT2D eigenvalue weighted by Gasteiger charge is 2.28. The molecule has 0 spiro atoms. The molecule has 3 atom stereocenters. The average molecular weight is 965 g/mol. The summed E-state index contributed by atoms with van der Waals surface area (Å²) in [5, 5.41) is 14.1. The van der Waals surface area contributed by atoms with E-state index in [1.54, 1.807) is 0 Å². The molecule has 0 bridgehead atoms. The van der Waals surface area contributed by atoms with E-state index in [4.69, 9.17) is 9.05 Å². The van der Waals surface area contributed by atoms with E-state index in [0.717, 1.165) is 77.0 Å². The smallest absolute Gasteiger partial charge is 0.391 e. The summed E-state index contributed by atoms with van der Waals surface area (Å²) >= 11 is 0. The van der Waals surface area contributed by atoms with Gasteiger partial charge < -0.3 is 19.8 Å². The molecule has 0 saturated carbocycles. The first-order valence-corrected chi connectivity index (χ1v) is 30.0. The van der Waals surface area contributed by atoms with Gasteiger partial charge in [0, 0.05) is 6.42 Å². The average Bonchev–Trinajstić information content (AvgIpc) is 3.29. The summed E-state index contributed by atoms with van der Waals surface area (Å²) in [6.07, 6.45) is 64.5. The van der Waals surface area contributed by atoms with Gasteiger partial charge in [0.15, 0.2) is 0 Å². The molecule has 0 aromatic carbocycles. The maximum Gasteiger partial charge on any atom is 0.472 e. The van der Waals surface area contributed by atoms with Gasteiger partial charge >= 0.3 is 7.82 Å². The second-order valence-corrected chi connectivity index (χ2v) is 22.1. The molecule has 0 aromatic heterocycles. The molecule has 67 heavy (non-hydrogen) atoms. The highest BCUT2D eigenvalue weighted by Crippen LogP contribution is 2.43. The molecule has 0 rings (SSSR count). The second kappa shape index (κ2) is 49.4. The highest BCUT2D eigenvalue weighted by atomic mass is 31.2. The number of nitrogens with zero attached hydrogens (tertiary/aromatic N) is 1. The summed E-state index contributed by atoms with van der Waals surface area (Å²) in [5.74, 6) is -0.157. The Bertz CT molecular complexity index is 1230. The molecule has 0 radical (unpaired) electrons. The Labute approximate surface area is 416 Å². The summed E-state index contributed by atoms with van der Waals surface area (Å²) in [4.78, 5) is 23.3. The number of unbranched alkanes of at least 4 members (excludes halogenated alkanes) is 31. The fourth-order valence-corrected chi connectivity index (χ4v) is 9.13. The van der Waals surface area contributed by atoms with E-state index < -0.39 is 20.0 Å². The predicted molar refractivity (Wildman–Crippen MR) is 291 cm³/mol. The van der Waals surface area contributed by atoms with Gasteiger partial charge in [-0.25, -0.2) is 4.57 Å². The van der Waals surface area contributed by atoms with E-state index in [-0.39, 0.29) is 19.1 Å². The molecular weight excluding hydrogens is 852 g/mol. The molecule has 0 aliphatic rings. The summed E-state index contributed by atoms with van der Waals surface area (Å²) in [7, 11) is 1.61. The summed E-state index contributed by atoms with van der Waals surface area (Å²) < 4.78 is 23.8. The van der Waals surface area contributed by atoms with Crippen molar-refractivity contribution in [2.45, 2.75) is 276 Å². The maximum absolute atomic E-state index is 13.0. The summed E-state index contributed by atoms with van der Waals surface area (Å²) in [6.45, 7) is 4.79. The van der Waals surface area contributed by atoms with Gasteiger partial charge in [-0.2, -0.15) is 0 Å². The summed E-state index contributed by atoms with van der Waals surface area (Å²) in [5.41, 5.74) is 0. The molecule has 9 heteroatoms. The van der Waals surface area contributed by atoms with Crippen LogP contribution in [-0.2, 0) is 18.4 Å². The third kappa shape index (κ3) is 52.1. The van der Waals surface area contributed by atoms with Gasteiger partial charge in [-0.3, -0.25) is 13.8 Å². The normalized spacial score (nSPS) is 14.3. The maximum atomic E-state index is 13.0. The van der Waals surface area contributed by atoms with Gasteiger partial charge in [0.1, 0.15) is 13.2 Å². The van der Waals surface area contributed by atoms with Gasteiger partial charge in [0.25, 0.3) is 0 Å². The van der Waals surface area contributed by atoms with Crippen LogP contribution in [0.1, 0.15) is 264 Å². The SMILES string of the molecule is CC/C=C\C/C=C\C/C=C\C/C=C\CCCCCCCCC(=O)NC(COP(=O)(O)OCC[N+](C)(C)C)C(O)CCCCCCCCCCCCCCCCCCCCCCCCCCCC. The number of nitrogens with one attached hydrogen (secondary N) is 1. The predicted octanol–water partition coefficient (Wildman–Crippen LogP) is 17.2. The number of aliphatic hydroxyl groups excluding tert-OH is 1. The number of hydrogen-bond donors (Lipinski definition) is 3. The lowest BCUT2D eigenvalue weighted by Crippen LogP contribution is -2.46. The number of amides is 1. The molecular formula is C58H112N2O6P+. The Morgan fingerprint density at radius 1 is 0.522 bits per heavy atom. The minimum absolute atomic E-state index is 0.0703. The van der Waals surface area contributed by atoms with Crippen molar-refractivity contribution in [1.82, 2.24) is 5.32 Å². The van der Waals surface area contributed by atoms with Crippen LogP contribution in [0, 0.1) is 0 Å². The molecule has 3 N–H and O–H groups in total. The Balaban J connectivity index is 4.17. The van der Waals surface area contributed by atoms with Crippen LogP contribution in [0.15, 0.2) is 48.6 Å². The van der Waals surface area contributed by atoms with Crippen LogP contribution in [0.5, 0.6) is 0 Å². The van der Waals surface area contributed by atoms with Crippen LogP contribution in [0.2, 0.25) is 0 Å². The monoisotopic (exact) mass is 964 g/mol. The van der Waals surface area contributed by atoms with E-state index in [2.05, 4.69) is 67.8 Å². The van der Waals surface area contributed by atoms with Crippen LogP contribution >= 0.6 is 7.82 Å². The molecule has 0 saturated heterocycles. The van der Waals surface area contributed by atoms with Gasteiger partial charge in [-0.05, 0) is 51.4 Å². The van der Waals surface area contributed by atoms with Gasteiger partial charge in [-0.1, -0.05) is 255 Å². The van der Waals surface area contributed by atoms with Crippen molar-refractivity contribution >= 4 is 13.7 Å². The first-order chi connectivity index (χ1) is 32.5. The Morgan fingerprint density at radius 2 is 0.896 bits per heavy atom. The zero-order valence-electron chi connectivity index (χ0n) is 44.9. The molecule has 3 unspecified atom stereocenters. The quantitative estimate of drug-likeness (QED) is 0.0243. The molecule has 0 heterocycles. The number of likely N-dealkylation sites (N-methyl/N-ethyl adjacent to an activating group) is 1. The Hall–Kier alpha value is -1.54. The Morgan fingerprint density at radius 3 is 1.31 bits per heavy atom. The van der Waals surface area contributed by atoms with E-state index in [1.165, 1.54) is 161 Å². The summed E-state index contributed by atoms with van der Waals surface area (Å²) in [6, 6.07) is -0.771. The number of quaternary nitrogens is 1. The van der Waals surface area contributed by atoms with Crippen LogP contribution in [0.4, 0.5) is 0 Å². The van der Waals surface area contributed by atoms with Gasteiger partial charge in [-0.15, -0.1) is 0 Å². The van der Waals surface area contributed by atoms with Crippen molar-refractivity contribution in [3.63, 3.8) is 0 Å². The standard InChI is InChI=1S/C58H111N2O6P/c1-6-8-10-12-14-16-18-20-22-24-26-27-28-29-30-31-32-34-35-37-39-41-43-45-47-49-51-57(61)56(55-66-67(63,64)65-54-53-60(3,4)5)59-58(62)52-50-48-46-44-42-40-38-36-33-25-23-21-19-17-15-13-11-9-7-2/h9,11,15,17,21,23,33,36,56-57,61H,6-8,10,12-14,16,18-20,22,24-32,34-35,37-55H2,1-5H3,(H-,59,62,63,64)/p+1/b11-9-,17-15-,23-21-,36-33-. The zero-order valence-corrected chi connectivity index (χ0v) is 45.8. The number of rotatable bonds is 52. The number of phosphoric acid groups is 1. The molecule has 0 aliphatic heterocycles. The van der Waals surface area contributed by atoms with Crippen LogP contribution < -0.4 is 5.32 Å². The topological polar surface area (TPSA) is 105 Å².